The summed E-state index contributed by atoms with van der Waals surface area (Å²) in [4.78, 5) is 4.04. The number of sulfonamides is 1. The zero-order valence-electron chi connectivity index (χ0n) is 7.87. The highest BCUT2D eigenvalue weighted by atomic mass is 79.9. The van der Waals surface area contributed by atoms with Crippen molar-refractivity contribution < 1.29 is 12.8 Å². The zero-order valence-corrected chi connectivity index (χ0v) is 10.3. The molecular weight excluding hydrogens is 272 g/mol. The first-order valence-electron chi connectivity index (χ1n) is 3.91. The van der Waals surface area contributed by atoms with Crippen LogP contribution >= 0.6 is 15.9 Å². The van der Waals surface area contributed by atoms with Gasteiger partial charge in [-0.05, 0) is 13.8 Å². The van der Waals surface area contributed by atoms with Gasteiger partial charge in [0.05, 0.1) is 12.2 Å². The van der Waals surface area contributed by atoms with Crippen LogP contribution in [-0.2, 0) is 16.6 Å². The van der Waals surface area contributed by atoms with E-state index in [1.807, 2.05) is 0 Å². The lowest BCUT2D eigenvalue weighted by molar-refractivity contribution is 0.463. The van der Waals surface area contributed by atoms with E-state index in [-0.39, 0.29) is 11.2 Å². The zero-order chi connectivity index (χ0) is 10.8. The van der Waals surface area contributed by atoms with Crippen molar-refractivity contribution in [1.82, 2.24) is 9.71 Å². The summed E-state index contributed by atoms with van der Waals surface area (Å²) in [6, 6.07) is 0. The highest BCUT2D eigenvalue weighted by Gasteiger charge is 2.10. The van der Waals surface area contributed by atoms with Crippen molar-refractivity contribution in [2.45, 2.75) is 20.4 Å². The van der Waals surface area contributed by atoms with E-state index in [1.165, 1.54) is 0 Å². The van der Waals surface area contributed by atoms with E-state index in [4.69, 9.17) is 4.42 Å². The molecule has 1 aromatic rings. The molecule has 1 N–H and O–H groups in total. The first-order chi connectivity index (χ1) is 6.44. The number of hydrogen-bond donors (Lipinski definition) is 1. The van der Waals surface area contributed by atoms with Crippen LogP contribution < -0.4 is 4.72 Å². The third kappa shape index (κ3) is 3.07. The van der Waals surface area contributed by atoms with E-state index in [2.05, 4.69) is 25.6 Å². The first kappa shape index (κ1) is 11.7. The molecule has 0 aliphatic heterocycles. The smallest absolute Gasteiger partial charge is 0.222 e. The highest BCUT2D eigenvalue weighted by molar-refractivity contribution is 9.10. The van der Waals surface area contributed by atoms with E-state index in [9.17, 15) is 8.42 Å². The van der Waals surface area contributed by atoms with Crippen LogP contribution in [0.4, 0.5) is 0 Å². The third-order valence-corrected chi connectivity index (χ3v) is 4.34. The van der Waals surface area contributed by atoms with Crippen LogP contribution in [0, 0.1) is 13.8 Å². The summed E-state index contributed by atoms with van der Waals surface area (Å²) in [5, 5.41) is 0. The topological polar surface area (TPSA) is 72.2 Å². The van der Waals surface area contributed by atoms with Crippen LogP contribution in [0.1, 0.15) is 17.3 Å². The molecule has 0 fully saturated rings. The number of nitrogens with one attached hydrogen (secondary N) is 1. The molecule has 80 valence electrons. The quantitative estimate of drug-likeness (QED) is 0.839. The molecule has 0 spiro atoms. The van der Waals surface area contributed by atoms with E-state index in [1.54, 1.807) is 13.8 Å². The number of hydrogen-bond acceptors (Lipinski definition) is 4. The average molecular weight is 283 g/mol. The Morgan fingerprint density at radius 2 is 2.14 bits per heavy atom. The third-order valence-electron chi connectivity index (χ3n) is 1.66. The summed E-state index contributed by atoms with van der Waals surface area (Å²) in [5.41, 5.74) is 0.776. The molecule has 1 rings (SSSR count). The molecule has 1 heterocycles. The molecule has 0 aliphatic rings. The van der Waals surface area contributed by atoms with Gasteiger partial charge in [-0.25, -0.2) is 18.1 Å². The predicted octanol–water partition coefficient (Wildman–Crippen LogP) is 1.06. The minimum Gasteiger partial charge on any atom is -0.444 e. The number of aromatic nitrogens is 1. The van der Waals surface area contributed by atoms with Gasteiger partial charge in [-0.1, -0.05) is 15.9 Å². The first-order valence-corrected chi connectivity index (χ1v) is 6.68. The van der Waals surface area contributed by atoms with Crippen LogP contribution in [0.25, 0.3) is 0 Å². The van der Waals surface area contributed by atoms with Crippen LogP contribution in [0.3, 0.4) is 0 Å². The van der Waals surface area contributed by atoms with E-state index >= 15 is 0 Å². The SMILES string of the molecule is Cc1nc(CNS(=O)(=O)CBr)oc1C. The summed E-state index contributed by atoms with van der Waals surface area (Å²) in [7, 11) is -3.25. The minimum atomic E-state index is -3.25. The molecule has 1 aromatic heterocycles. The van der Waals surface area contributed by atoms with Crippen molar-refractivity contribution in [3.05, 3.63) is 17.3 Å². The van der Waals surface area contributed by atoms with Gasteiger partial charge in [0.15, 0.2) is 0 Å². The lowest BCUT2D eigenvalue weighted by atomic mass is 10.4. The van der Waals surface area contributed by atoms with Crippen LogP contribution in [0.5, 0.6) is 0 Å². The Labute approximate surface area is 91.1 Å². The van der Waals surface area contributed by atoms with Crippen molar-refractivity contribution >= 4 is 26.0 Å². The van der Waals surface area contributed by atoms with Gasteiger partial charge in [0.2, 0.25) is 15.9 Å². The Hall–Kier alpha value is -0.400. The van der Waals surface area contributed by atoms with Crippen molar-refractivity contribution in [3.63, 3.8) is 0 Å². The Morgan fingerprint density at radius 1 is 1.50 bits per heavy atom. The number of oxazole rings is 1. The molecule has 0 saturated heterocycles. The van der Waals surface area contributed by atoms with Crippen molar-refractivity contribution in [3.8, 4) is 0 Å². The maximum absolute atomic E-state index is 11.0. The van der Waals surface area contributed by atoms with Crippen molar-refractivity contribution in [2.75, 3.05) is 4.66 Å². The van der Waals surface area contributed by atoms with Gasteiger partial charge in [-0.2, -0.15) is 0 Å². The molecule has 0 radical (unpaired) electrons. The Balaban J connectivity index is 2.63. The molecule has 0 saturated carbocycles. The van der Waals surface area contributed by atoms with E-state index in [0.29, 0.717) is 11.7 Å². The second kappa shape index (κ2) is 4.41. The number of halogens is 1. The maximum atomic E-state index is 11.0. The standard InChI is InChI=1S/C7H11BrN2O3S/c1-5-6(2)13-7(10-5)3-9-14(11,12)4-8/h9H,3-4H2,1-2H3. The van der Waals surface area contributed by atoms with Gasteiger partial charge in [-0.3, -0.25) is 0 Å². The van der Waals surface area contributed by atoms with Crippen LogP contribution in [-0.4, -0.2) is 18.1 Å². The largest absolute Gasteiger partial charge is 0.444 e. The summed E-state index contributed by atoms with van der Waals surface area (Å²) in [5.74, 6) is 1.09. The molecule has 0 atom stereocenters. The summed E-state index contributed by atoms with van der Waals surface area (Å²) < 4.78 is 29.5. The van der Waals surface area contributed by atoms with Gasteiger partial charge >= 0.3 is 0 Å². The fourth-order valence-corrected chi connectivity index (χ4v) is 1.73. The number of alkyl halides is 1. The van der Waals surface area contributed by atoms with Gasteiger partial charge < -0.3 is 4.42 Å². The molecular formula is C7H11BrN2O3S. The number of nitrogens with zero attached hydrogens (tertiary/aromatic N) is 1. The Bertz CT molecular complexity index is 393. The van der Waals surface area contributed by atoms with Crippen LogP contribution in [0.15, 0.2) is 4.42 Å². The lowest BCUT2D eigenvalue weighted by Gasteiger charge is -1.99. The van der Waals surface area contributed by atoms with Gasteiger partial charge in [0.25, 0.3) is 0 Å². The summed E-state index contributed by atoms with van der Waals surface area (Å²) >= 11 is 2.86. The molecule has 0 unspecified atom stereocenters. The molecule has 14 heavy (non-hydrogen) atoms. The lowest BCUT2D eigenvalue weighted by Crippen LogP contribution is -2.23. The number of rotatable bonds is 4. The highest BCUT2D eigenvalue weighted by Crippen LogP contribution is 2.08. The fraction of sp³-hybridized carbons (Fsp3) is 0.571. The van der Waals surface area contributed by atoms with Gasteiger partial charge in [0, 0.05) is 0 Å². The van der Waals surface area contributed by atoms with Gasteiger partial charge in [-0.15, -0.1) is 0 Å². The van der Waals surface area contributed by atoms with Crippen LogP contribution in [0.2, 0.25) is 0 Å². The fourth-order valence-electron chi connectivity index (χ4n) is 0.825. The average Bonchev–Trinajstić information content (AvgIpc) is 2.44. The Morgan fingerprint density at radius 3 is 2.57 bits per heavy atom. The summed E-state index contributed by atoms with van der Waals surface area (Å²) in [6.07, 6.45) is 0. The Kier molecular flexibility index (Phi) is 3.68. The molecule has 0 amide bonds. The maximum Gasteiger partial charge on any atom is 0.222 e. The van der Waals surface area contributed by atoms with Gasteiger partial charge in [0.1, 0.15) is 10.4 Å². The van der Waals surface area contributed by atoms with Crippen molar-refractivity contribution in [2.24, 2.45) is 0 Å². The molecule has 0 aliphatic carbocycles. The van der Waals surface area contributed by atoms with E-state index < -0.39 is 10.0 Å². The second-order valence-electron chi connectivity index (χ2n) is 2.79. The van der Waals surface area contributed by atoms with E-state index in [0.717, 1.165) is 5.69 Å². The molecule has 0 aromatic carbocycles. The molecule has 7 heteroatoms. The normalized spacial score (nSPS) is 11.9. The van der Waals surface area contributed by atoms with Crippen molar-refractivity contribution in [1.29, 1.82) is 0 Å². The molecule has 5 nitrogen and oxygen atoms in total. The number of aryl methyl sites for hydroxylation is 2. The summed E-state index contributed by atoms with van der Waals surface area (Å²) in [6.45, 7) is 3.68. The second-order valence-corrected chi connectivity index (χ2v) is 5.90. The predicted molar refractivity (Wildman–Crippen MR) is 55.5 cm³/mol. The minimum absolute atomic E-state index is 0.0859. The monoisotopic (exact) mass is 282 g/mol. The molecule has 0 bridgehead atoms.